The molecule has 0 amide bonds. The number of rotatable bonds is 11. The molecule has 0 radical (unpaired) electrons. The minimum absolute atomic E-state index is 0. The van der Waals surface area contributed by atoms with Gasteiger partial charge in [-0.3, -0.25) is 18.7 Å². The third kappa shape index (κ3) is 7.26. The smallest absolute Gasteiger partial charge is 0.338 e. The van der Waals surface area contributed by atoms with Crippen molar-refractivity contribution in [3.8, 4) is 11.4 Å². The Kier molecular flexibility index (Phi) is 10.7. The highest BCUT2D eigenvalue weighted by Gasteiger charge is 2.32. The van der Waals surface area contributed by atoms with Gasteiger partial charge in [0.05, 0.1) is 34.2 Å². The van der Waals surface area contributed by atoms with Gasteiger partial charge in [0.15, 0.2) is 0 Å². The molecule has 3 aliphatic rings. The van der Waals surface area contributed by atoms with E-state index in [2.05, 4.69) is 33.0 Å². The number of carboxylic acid groups (broad SMARTS) is 2. The first-order valence-corrected chi connectivity index (χ1v) is 17.2. The van der Waals surface area contributed by atoms with Gasteiger partial charge < -0.3 is 31.1 Å². The molecule has 0 saturated carbocycles. The molecule has 4 heterocycles. The number of imidazole rings is 1. The molecule has 3 aromatic carbocycles. The van der Waals surface area contributed by atoms with Crippen LogP contribution in [-0.2, 0) is 22.4 Å². The topological polar surface area (TPSA) is 141 Å². The van der Waals surface area contributed by atoms with Gasteiger partial charge in [-0.1, -0.05) is 24.3 Å². The molecule has 0 unspecified atom stereocenters. The SMILES string of the molecule is Cl.O=C(O)[C@@H](Cc1cccc(-n2c(=O)n(-c3cccc(C[C@H](C(=O)O)[C@H]4CCNC4)c3)c3cc(N4CCNCC4)ccc32)c1)[C@H]1CCNC1. The summed E-state index contributed by atoms with van der Waals surface area (Å²) < 4.78 is 3.44. The van der Waals surface area contributed by atoms with Crippen LogP contribution in [-0.4, -0.2) is 83.6 Å². The average molecular weight is 689 g/mol. The van der Waals surface area contributed by atoms with E-state index in [1.165, 1.54) is 0 Å². The molecule has 260 valence electrons. The van der Waals surface area contributed by atoms with Crippen molar-refractivity contribution in [1.29, 1.82) is 0 Å². The molecule has 3 fully saturated rings. The number of aliphatic carboxylic acids is 2. The zero-order valence-electron chi connectivity index (χ0n) is 27.5. The number of hydrogen-bond acceptors (Lipinski definition) is 7. The first-order valence-electron chi connectivity index (χ1n) is 17.2. The van der Waals surface area contributed by atoms with Crippen LogP contribution in [0.2, 0.25) is 0 Å². The monoisotopic (exact) mass is 688 g/mol. The second kappa shape index (κ2) is 15.2. The lowest BCUT2D eigenvalue weighted by atomic mass is 9.86. The van der Waals surface area contributed by atoms with Gasteiger partial charge in [0.1, 0.15) is 0 Å². The summed E-state index contributed by atoms with van der Waals surface area (Å²) >= 11 is 0. The number of nitrogens with one attached hydrogen (secondary N) is 3. The van der Waals surface area contributed by atoms with Crippen molar-refractivity contribution in [2.24, 2.45) is 23.7 Å². The van der Waals surface area contributed by atoms with E-state index < -0.39 is 23.8 Å². The second-order valence-electron chi connectivity index (χ2n) is 13.5. The van der Waals surface area contributed by atoms with Gasteiger partial charge in [0, 0.05) is 31.9 Å². The molecule has 4 aromatic rings. The Morgan fingerprint density at radius 1 is 0.673 bits per heavy atom. The Hall–Kier alpha value is -4.16. The number of nitrogens with zero attached hydrogens (tertiary/aromatic N) is 3. The molecule has 4 atom stereocenters. The predicted octanol–water partition coefficient (Wildman–Crippen LogP) is 3.32. The lowest BCUT2D eigenvalue weighted by Gasteiger charge is -2.29. The second-order valence-corrected chi connectivity index (χ2v) is 13.5. The molecule has 0 bridgehead atoms. The normalized spacial score (nSPS) is 20.6. The van der Waals surface area contributed by atoms with E-state index in [1.807, 2.05) is 54.6 Å². The van der Waals surface area contributed by atoms with Gasteiger partial charge in [-0.05, 0) is 117 Å². The van der Waals surface area contributed by atoms with E-state index >= 15 is 0 Å². The predicted molar refractivity (Wildman–Crippen MR) is 193 cm³/mol. The zero-order chi connectivity index (χ0) is 33.2. The minimum atomic E-state index is -0.794. The van der Waals surface area contributed by atoms with E-state index in [0.717, 1.165) is 80.0 Å². The van der Waals surface area contributed by atoms with Gasteiger partial charge in [-0.2, -0.15) is 0 Å². The van der Waals surface area contributed by atoms with Crippen LogP contribution >= 0.6 is 12.4 Å². The molecule has 11 nitrogen and oxygen atoms in total. The van der Waals surface area contributed by atoms with Crippen molar-refractivity contribution in [2.45, 2.75) is 25.7 Å². The van der Waals surface area contributed by atoms with E-state index in [-0.39, 0.29) is 29.9 Å². The summed E-state index contributed by atoms with van der Waals surface area (Å²) in [6, 6.07) is 21.5. The van der Waals surface area contributed by atoms with Crippen molar-refractivity contribution in [2.75, 3.05) is 57.3 Å². The molecule has 7 rings (SSSR count). The zero-order valence-corrected chi connectivity index (χ0v) is 28.3. The molecule has 12 heteroatoms. The summed E-state index contributed by atoms with van der Waals surface area (Å²) in [6.07, 6.45) is 2.45. The Balaban J connectivity index is 0.00000417. The first-order chi connectivity index (χ1) is 23.4. The molecule has 0 aliphatic carbocycles. The molecule has 1 aromatic heterocycles. The fourth-order valence-electron chi connectivity index (χ4n) is 7.91. The van der Waals surface area contributed by atoms with Crippen LogP contribution in [0.3, 0.4) is 0 Å². The fraction of sp³-hybridized carbons (Fsp3) is 0.432. The number of carboxylic acids is 2. The van der Waals surface area contributed by atoms with E-state index in [9.17, 15) is 24.6 Å². The van der Waals surface area contributed by atoms with Crippen LogP contribution in [0.5, 0.6) is 0 Å². The molecule has 5 N–H and O–H groups in total. The number of benzene rings is 3. The van der Waals surface area contributed by atoms with Crippen LogP contribution in [0, 0.1) is 23.7 Å². The Bertz CT molecular complexity index is 1860. The third-order valence-electron chi connectivity index (χ3n) is 10.5. The maximum absolute atomic E-state index is 14.6. The molecule has 3 aliphatic heterocycles. The Morgan fingerprint density at radius 2 is 1.20 bits per heavy atom. The summed E-state index contributed by atoms with van der Waals surface area (Å²) in [6.45, 7) is 6.55. The number of piperazine rings is 1. The molecule has 49 heavy (non-hydrogen) atoms. The lowest BCUT2D eigenvalue weighted by Crippen LogP contribution is -2.43. The number of carbonyl (C=O) groups is 2. The highest BCUT2D eigenvalue weighted by molar-refractivity contribution is 5.85. The van der Waals surface area contributed by atoms with Gasteiger partial charge in [-0.25, -0.2) is 4.79 Å². The van der Waals surface area contributed by atoms with E-state index in [1.54, 1.807) is 9.13 Å². The Morgan fingerprint density at radius 3 is 1.69 bits per heavy atom. The van der Waals surface area contributed by atoms with E-state index in [0.29, 0.717) is 37.3 Å². The number of hydrogen-bond donors (Lipinski definition) is 5. The van der Waals surface area contributed by atoms with Gasteiger partial charge in [0.25, 0.3) is 0 Å². The number of halogens is 1. The van der Waals surface area contributed by atoms with Crippen LogP contribution in [0.1, 0.15) is 24.0 Å². The van der Waals surface area contributed by atoms with Crippen molar-refractivity contribution in [1.82, 2.24) is 25.1 Å². The van der Waals surface area contributed by atoms with Crippen molar-refractivity contribution in [3.05, 3.63) is 88.3 Å². The first kappa shape index (κ1) is 34.7. The standard InChI is InChI=1S/C37H44N6O5.ClH/c44-35(45)31(26-9-11-39-22-26)19-24-3-1-5-29(17-24)42-33-8-7-28(41-15-13-38-14-16-41)21-34(33)43(37(42)48)30-6-2-4-25(18-30)20-32(36(46)47)27-10-12-40-23-27;/h1-8,17-18,21,26-27,31-32,38-40H,9-16,19-20,22-23H2,(H,44,45)(H,46,47);1H/t26-,27-,31-,32-;/m0./s1. The maximum Gasteiger partial charge on any atom is 0.338 e. The van der Waals surface area contributed by atoms with Gasteiger partial charge in [0.2, 0.25) is 0 Å². The van der Waals surface area contributed by atoms with Crippen LogP contribution in [0.15, 0.2) is 71.5 Å². The van der Waals surface area contributed by atoms with E-state index in [4.69, 9.17) is 0 Å². The summed E-state index contributed by atoms with van der Waals surface area (Å²) in [5.41, 5.74) is 5.42. The fourth-order valence-corrected chi connectivity index (χ4v) is 7.91. The third-order valence-corrected chi connectivity index (χ3v) is 10.5. The largest absolute Gasteiger partial charge is 0.481 e. The van der Waals surface area contributed by atoms with Gasteiger partial charge >= 0.3 is 17.6 Å². The van der Waals surface area contributed by atoms with Crippen molar-refractivity contribution >= 4 is 41.1 Å². The highest BCUT2D eigenvalue weighted by Crippen LogP contribution is 2.30. The van der Waals surface area contributed by atoms with Crippen molar-refractivity contribution in [3.63, 3.8) is 0 Å². The molecular formula is C37H45ClN6O5. The lowest BCUT2D eigenvalue weighted by molar-refractivity contribution is -0.144. The molecule has 0 spiro atoms. The van der Waals surface area contributed by atoms with Crippen molar-refractivity contribution < 1.29 is 19.8 Å². The quantitative estimate of drug-likeness (QED) is 0.161. The van der Waals surface area contributed by atoms with Gasteiger partial charge in [-0.15, -0.1) is 12.4 Å². The summed E-state index contributed by atoms with van der Waals surface area (Å²) in [5.74, 6) is -2.47. The molecular weight excluding hydrogens is 644 g/mol. The highest BCUT2D eigenvalue weighted by atomic mass is 35.5. The minimum Gasteiger partial charge on any atom is -0.481 e. The number of fused-ring (bicyclic) bond motifs is 1. The number of anilines is 1. The van der Waals surface area contributed by atoms with Crippen LogP contribution in [0.4, 0.5) is 5.69 Å². The average Bonchev–Trinajstić information content (AvgIpc) is 3.88. The Labute approximate surface area is 291 Å². The summed E-state index contributed by atoms with van der Waals surface area (Å²) in [7, 11) is 0. The summed E-state index contributed by atoms with van der Waals surface area (Å²) in [5, 5.41) is 30.1. The molecule has 3 saturated heterocycles. The summed E-state index contributed by atoms with van der Waals surface area (Å²) in [4.78, 5) is 41.5. The van der Waals surface area contributed by atoms with Crippen LogP contribution < -0.4 is 26.5 Å². The van der Waals surface area contributed by atoms with Crippen LogP contribution in [0.25, 0.3) is 22.4 Å². The maximum atomic E-state index is 14.6. The number of aromatic nitrogens is 2.